The molecule has 0 aromatic carbocycles. The predicted octanol–water partition coefficient (Wildman–Crippen LogP) is 4.42. The van der Waals surface area contributed by atoms with Crippen molar-refractivity contribution in [2.75, 3.05) is 0 Å². The number of hydrogen-bond donors (Lipinski definition) is 0. The fraction of sp³-hybridized carbons (Fsp3) is 1.00. The molecule has 0 N–H and O–H groups in total. The van der Waals surface area contributed by atoms with Crippen molar-refractivity contribution in [1.29, 1.82) is 0.594 Å². The second kappa shape index (κ2) is 1520. The van der Waals surface area contributed by atoms with E-state index in [0.29, 0.717) is 0 Å². The summed E-state index contributed by atoms with van der Waals surface area (Å²) in [5.74, 6) is 0. The van der Waals surface area contributed by atoms with Crippen LogP contribution in [0.2, 0.25) is 0 Å². The van der Waals surface area contributed by atoms with Gasteiger partial charge >= 0.3 is 37.6 Å². The van der Waals surface area contributed by atoms with Crippen LogP contribution in [-0.4, -0.2) is 0.594 Å². The first-order valence-corrected chi connectivity index (χ1v) is 12.4. The van der Waals surface area contributed by atoms with Crippen LogP contribution in [0.3, 0.4) is 0 Å². The van der Waals surface area contributed by atoms with Gasteiger partial charge in [-0.3, -0.25) is 0 Å². The average molecular weight is 453 g/mol. The fourth-order valence-electron chi connectivity index (χ4n) is 0. The quantitative estimate of drug-likeness (QED) is 0.477. The molecule has 0 nitrogen and oxygen atoms in total. The minimum atomic E-state index is -0.190. The molecule has 0 aromatic heterocycles. The van der Waals surface area contributed by atoms with Gasteiger partial charge in [-0.1, -0.05) is 90.5 Å². The third-order valence-electron chi connectivity index (χ3n) is 0. The van der Waals surface area contributed by atoms with Crippen LogP contribution in [0.4, 0.5) is 0 Å². The van der Waals surface area contributed by atoms with Crippen LogP contribution < -0.4 is 18.4 Å². The molecular weight excluding hydrogens is 410 g/mol. The number of halogens is 2. The van der Waals surface area contributed by atoms with E-state index in [2.05, 4.69) is 18.6 Å². The maximum atomic E-state index is 6.30. The van der Waals surface area contributed by atoms with Crippen molar-refractivity contribution in [3.05, 3.63) is 0 Å². The van der Waals surface area contributed by atoms with Crippen LogP contribution in [-0.2, 0) is 0 Å². The van der Waals surface area contributed by atoms with E-state index in [0.717, 1.165) is 0 Å². The number of hydrogen-bond acceptors (Lipinski definition) is 0. The van der Waals surface area contributed by atoms with Crippen molar-refractivity contribution in [3.8, 4) is 0 Å². The monoisotopic (exact) mass is 453 g/mol. The Hall–Kier alpha value is 1.46. The summed E-state index contributed by atoms with van der Waals surface area (Å²) >= 11 is 1.88. The van der Waals surface area contributed by atoms with Crippen molar-refractivity contribution in [2.24, 2.45) is 0 Å². The summed E-state index contributed by atoms with van der Waals surface area (Å²) in [7, 11) is 0. The SMILES string of the molecule is C.CC.CC.CC.CC.CC.CC.[3H][I-]I. The zero-order chi connectivity index (χ0) is 14.7. The van der Waals surface area contributed by atoms with E-state index in [4.69, 9.17) is 0.594 Å². The Kier molecular flexibility index (Phi) is 4440. The van der Waals surface area contributed by atoms with Crippen molar-refractivity contribution in [1.82, 2.24) is 0 Å². The molecule has 0 unspecified atom stereocenters. The summed E-state index contributed by atoms with van der Waals surface area (Å²) in [4.78, 5) is 0. The molecule has 0 radical (unpaired) electrons. The van der Waals surface area contributed by atoms with Gasteiger partial charge in [0.2, 0.25) is 0 Å². The maximum absolute atomic E-state index is 6.30. The zero-order valence-corrected chi connectivity index (χ0v) is 17.1. The Morgan fingerprint density at radius 2 is 0.600 bits per heavy atom. The zero-order valence-electron chi connectivity index (χ0n) is 13.8. The van der Waals surface area contributed by atoms with E-state index in [-0.39, 0.29) is 25.8 Å². The van der Waals surface area contributed by atoms with Crippen LogP contribution in [0.5, 0.6) is 0 Å². The van der Waals surface area contributed by atoms with Crippen molar-refractivity contribution < 1.29 is 18.4 Å². The summed E-state index contributed by atoms with van der Waals surface area (Å²) in [6.07, 6.45) is 0. The van der Waals surface area contributed by atoms with Gasteiger partial charge in [0.1, 0.15) is 0 Å². The van der Waals surface area contributed by atoms with E-state index < -0.39 is 0 Å². The van der Waals surface area contributed by atoms with Crippen LogP contribution in [0, 0.1) is 0 Å². The molecular formula is C13H41I2-. The van der Waals surface area contributed by atoms with Gasteiger partial charge in [-0.2, -0.15) is 0 Å². The topological polar surface area (TPSA) is 0 Å². The molecule has 0 aromatic rings. The van der Waals surface area contributed by atoms with Crippen LogP contribution in [0.25, 0.3) is 0 Å². The van der Waals surface area contributed by atoms with Crippen LogP contribution in [0.15, 0.2) is 0 Å². The molecule has 0 fully saturated rings. The van der Waals surface area contributed by atoms with Crippen molar-refractivity contribution in [2.45, 2.75) is 90.5 Å². The molecule has 0 amide bonds. The molecule has 108 valence electrons. The first kappa shape index (κ1) is 44.0. The van der Waals surface area contributed by atoms with Gasteiger partial charge < -0.3 is 0 Å². The minimum absolute atomic E-state index is 0. The van der Waals surface area contributed by atoms with Gasteiger partial charge in [0.25, 0.3) is 0 Å². The second-order valence-corrected chi connectivity index (χ2v) is 0. The van der Waals surface area contributed by atoms with Crippen LogP contribution in [0.1, 0.15) is 90.5 Å². The predicted molar refractivity (Wildman–Crippen MR) is 90.2 cm³/mol. The molecule has 0 saturated heterocycles. The van der Waals surface area contributed by atoms with E-state index >= 15 is 0 Å². The van der Waals surface area contributed by atoms with Crippen molar-refractivity contribution in [3.63, 3.8) is 0 Å². The van der Waals surface area contributed by atoms with Gasteiger partial charge in [0.15, 0.2) is 0 Å². The molecule has 2 heteroatoms. The summed E-state index contributed by atoms with van der Waals surface area (Å²) in [6, 6.07) is 0. The Morgan fingerprint density at radius 1 is 0.600 bits per heavy atom. The number of rotatable bonds is 0. The van der Waals surface area contributed by atoms with Gasteiger partial charge in [-0.15, -0.1) is 0 Å². The van der Waals surface area contributed by atoms with Gasteiger partial charge in [0, 0.05) is 0 Å². The van der Waals surface area contributed by atoms with E-state index in [1.807, 2.05) is 83.1 Å². The van der Waals surface area contributed by atoms with E-state index in [1.165, 1.54) is 0 Å². The molecule has 0 spiro atoms. The van der Waals surface area contributed by atoms with Gasteiger partial charge in [0.05, 0.1) is 0 Å². The molecule has 0 aliphatic rings. The third kappa shape index (κ3) is 1310. The first-order valence-electron chi connectivity index (χ1n) is 6.52. The summed E-state index contributed by atoms with van der Waals surface area (Å²) in [6.45, 7) is 24.0. The van der Waals surface area contributed by atoms with Crippen molar-refractivity contribution >= 4 is 18.6 Å². The van der Waals surface area contributed by atoms with Gasteiger partial charge in [-0.05, 0) is 0 Å². The summed E-state index contributed by atoms with van der Waals surface area (Å²) in [5.41, 5.74) is 0. The molecule has 0 bridgehead atoms. The molecule has 0 saturated carbocycles. The first-order chi connectivity index (χ1) is 7.41. The Balaban J connectivity index is -0.00000000777. The fourth-order valence-corrected chi connectivity index (χ4v) is 0. The van der Waals surface area contributed by atoms with Gasteiger partial charge in [-0.25, -0.2) is 0 Å². The molecule has 0 atom stereocenters. The Bertz CT molecular complexity index is 13.9. The third-order valence-corrected chi connectivity index (χ3v) is 0. The Morgan fingerprint density at radius 3 is 0.600 bits per heavy atom. The normalized spacial score (nSPS) is 3.93. The summed E-state index contributed by atoms with van der Waals surface area (Å²) < 4.78 is 6.30. The molecule has 0 aliphatic heterocycles. The van der Waals surface area contributed by atoms with E-state index in [9.17, 15) is 0 Å². The van der Waals surface area contributed by atoms with E-state index in [1.54, 1.807) is 0 Å². The average Bonchev–Trinajstić information content (AvgIpc) is 2.44. The molecule has 0 heterocycles. The molecule has 15 heavy (non-hydrogen) atoms. The summed E-state index contributed by atoms with van der Waals surface area (Å²) in [5, 5.41) is 0. The van der Waals surface area contributed by atoms with Crippen LogP contribution >= 0.6 is 18.6 Å². The molecule has 0 rings (SSSR count). The standard InChI is InChI=1S/6C2H6.CH4.HI2/c6*1-2;;1-2/h6*1-2H3;1H4;1H/q;;;;;;;-1/i;;;;;;;1T. The Labute approximate surface area is 127 Å². The second-order valence-electron chi connectivity index (χ2n) is 0. The molecule has 0 aliphatic carbocycles.